The number of esters is 1. The molecule has 0 saturated carbocycles. The zero-order valence-corrected chi connectivity index (χ0v) is 21.2. The Hall–Kier alpha value is -3.73. The van der Waals surface area contributed by atoms with Crippen molar-refractivity contribution < 1.29 is 19.1 Å². The molecule has 1 unspecified atom stereocenters. The van der Waals surface area contributed by atoms with Crippen molar-refractivity contribution in [2.45, 2.75) is 6.10 Å². The lowest BCUT2D eigenvalue weighted by molar-refractivity contribution is -0.143. The zero-order chi connectivity index (χ0) is 25.9. The summed E-state index contributed by atoms with van der Waals surface area (Å²) in [6.45, 7) is 0.757. The molecule has 0 radical (unpaired) electrons. The molecule has 5 rings (SSSR count). The summed E-state index contributed by atoms with van der Waals surface area (Å²) < 4.78 is 12.1. The molecule has 37 heavy (non-hydrogen) atoms. The van der Waals surface area contributed by atoms with Crippen LogP contribution in [0.4, 0.5) is 5.82 Å². The molecular weight excluding hydrogens is 519 g/mol. The fourth-order valence-electron chi connectivity index (χ4n) is 4.12. The number of imidazole rings is 1. The quantitative estimate of drug-likeness (QED) is 0.371. The molecule has 2 aromatic carbocycles. The average molecular weight is 541 g/mol. The van der Waals surface area contributed by atoms with Crippen LogP contribution in [0.3, 0.4) is 0 Å². The number of nitrogens with zero attached hydrogens (tertiary/aromatic N) is 5. The smallest absolute Gasteiger partial charge is 0.325 e. The van der Waals surface area contributed by atoms with Crippen LogP contribution in [0.1, 0.15) is 0 Å². The van der Waals surface area contributed by atoms with Crippen LogP contribution < -0.4 is 10.2 Å². The van der Waals surface area contributed by atoms with Crippen molar-refractivity contribution in [3.63, 3.8) is 0 Å². The van der Waals surface area contributed by atoms with Crippen LogP contribution in [0.25, 0.3) is 28.2 Å². The van der Waals surface area contributed by atoms with E-state index in [9.17, 15) is 9.59 Å². The number of benzene rings is 2. The summed E-state index contributed by atoms with van der Waals surface area (Å²) in [6, 6.07) is 14.8. The lowest BCUT2D eigenvalue weighted by Gasteiger charge is -2.32. The molecule has 0 bridgehead atoms. The predicted molar refractivity (Wildman–Crippen MR) is 139 cm³/mol. The molecule has 1 aliphatic heterocycles. The van der Waals surface area contributed by atoms with E-state index in [-0.39, 0.29) is 19.7 Å². The molecule has 3 heterocycles. The molecule has 10 nitrogen and oxygen atoms in total. The highest BCUT2D eigenvalue weighted by molar-refractivity contribution is 6.33. The number of methoxy groups -OCH3 is 1. The van der Waals surface area contributed by atoms with Gasteiger partial charge >= 0.3 is 5.97 Å². The Labute approximate surface area is 222 Å². The molecule has 1 atom stereocenters. The van der Waals surface area contributed by atoms with E-state index in [1.165, 1.54) is 13.4 Å². The van der Waals surface area contributed by atoms with E-state index in [4.69, 9.17) is 32.9 Å². The molecule has 12 heteroatoms. The number of morpholine rings is 1. The SMILES string of the molecule is COC(=O)CNC(=O)C1CN(c2ncnc3c2nc(-c2ccccc2Cl)n3-c2ccc(Cl)cc2)CCO1. The average Bonchev–Trinajstić information content (AvgIpc) is 3.31. The van der Waals surface area contributed by atoms with Gasteiger partial charge in [-0.1, -0.05) is 35.3 Å². The molecule has 0 spiro atoms. The number of amides is 1. The Kier molecular flexibility index (Phi) is 7.22. The number of ether oxygens (including phenoxy) is 2. The summed E-state index contributed by atoms with van der Waals surface area (Å²) >= 11 is 12.7. The van der Waals surface area contributed by atoms with E-state index in [1.54, 1.807) is 18.2 Å². The van der Waals surface area contributed by atoms with Gasteiger partial charge in [-0.15, -0.1) is 0 Å². The molecule has 2 aromatic heterocycles. The fraction of sp³-hybridized carbons (Fsp3) is 0.240. The summed E-state index contributed by atoms with van der Waals surface area (Å²) in [4.78, 5) is 39.9. The van der Waals surface area contributed by atoms with Gasteiger partial charge in [-0.2, -0.15) is 0 Å². The number of hydrogen-bond acceptors (Lipinski definition) is 8. The van der Waals surface area contributed by atoms with Gasteiger partial charge in [0.15, 0.2) is 23.1 Å². The van der Waals surface area contributed by atoms with Crippen LogP contribution in [-0.4, -0.2) is 70.9 Å². The monoisotopic (exact) mass is 540 g/mol. The van der Waals surface area contributed by atoms with E-state index in [0.717, 1.165) is 11.3 Å². The number of carbonyl (C=O) groups is 2. The summed E-state index contributed by atoms with van der Waals surface area (Å²) in [5.41, 5.74) is 2.64. The van der Waals surface area contributed by atoms with Gasteiger partial charge in [-0.3, -0.25) is 14.2 Å². The van der Waals surface area contributed by atoms with Gasteiger partial charge in [0, 0.05) is 22.8 Å². The van der Waals surface area contributed by atoms with Crippen molar-refractivity contribution in [3.8, 4) is 17.1 Å². The highest BCUT2D eigenvalue weighted by Crippen LogP contribution is 2.35. The minimum Gasteiger partial charge on any atom is -0.468 e. The normalized spacial score (nSPS) is 15.5. The maximum absolute atomic E-state index is 12.6. The topological polar surface area (TPSA) is 111 Å². The molecule has 1 saturated heterocycles. The standard InChI is InChI=1S/C25H22Cl2N6O4/c1-36-20(34)12-28-25(35)19-13-32(10-11-37-19)23-21-24(30-14-29-23)33(16-8-6-15(26)7-9-16)22(31-21)17-4-2-3-5-18(17)27/h2-9,14,19H,10-13H2,1H3,(H,28,35). The van der Waals surface area contributed by atoms with Gasteiger partial charge in [0.2, 0.25) is 0 Å². The van der Waals surface area contributed by atoms with Crippen molar-refractivity contribution in [1.82, 2.24) is 24.8 Å². The van der Waals surface area contributed by atoms with Gasteiger partial charge < -0.3 is 19.7 Å². The van der Waals surface area contributed by atoms with Crippen molar-refractivity contribution in [2.24, 2.45) is 0 Å². The van der Waals surface area contributed by atoms with Crippen molar-refractivity contribution in [3.05, 3.63) is 64.9 Å². The minimum atomic E-state index is -0.801. The van der Waals surface area contributed by atoms with Gasteiger partial charge in [-0.25, -0.2) is 15.0 Å². The number of nitrogens with one attached hydrogen (secondary N) is 1. The Morgan fingerprint density at radius 2 is 1.92 bits per heavy atom. The van der Waals surface area contributed by atoms with Gasteiger partial charge in [-0.05, 0) is 36.4 Å². The van der Waals surface area contributed by atoms with Crippen molar-refractivity contribution in [1.29, 1.82) is 0 Å². The largest absolute Gasteiger partial charge is 0.468 e. The molecular formula is C25H22Cl2N6O4. The Morgan fingerprint density at radius 1 is 1.14 bits per heavy atom. The number of hydrogen-bond donors (Lipinski definition) is 1. The summed E-state index contributed by atoms with van der Waals surface area (Å²) in [6.07, 6.45) is 0.661. The lowest BCUT2D eigenvalue weighted by Crippen LogP contribution is -2.51. The van der Waals surface area contributed by atoms with E-state index < -0.39 is 18.0 Å². The molecule has 1 fully saturated rings. The van der Waals surface area contributed by atoms with E-state index in [0.29, 0.717) is 39.4 Å². The number of anilines is 1. The Balaban J connectivity index is 1.56. The number of rotatable bonds is 6. The van der Waals surface area contributed by atoms with Crippen LogP contribution in [0.2, 0.25) is 10.0 Å². The second kappa shape index (κ2) is 10.7. The third kappa shape index (κ3) is 5.08. The third-order valence-corrected chi connectivity index (χ3v) is 6.50. The highest BCUT2D eigenvalue weighted by Gasteiger charge is 2.30. The summed E-state index contributed by atoms with van der Waals surface area (Å²) in [7, 11) is 1.26. The van der Waals surface area contributed by atoms with Crippen LogP contribution in [-0.2, 0) is 19.1 Å². The molecule has 1 aliphatic rings. The van der Waals surface area contributed by atoms with Crippen LogP contribution in [0.5, 0.6) is 0 Å². The number of aromatic nitrogens is 4. The Bertz CT molecular complexity index is 1460. The van der Waals surface area contributed by atoms with Gasteiger partial charge in [0.25, 0.3) is 5.91 Å². The van der Waals surface area contributed by atoms with E-state index in [2.05, 4.69) is 20.0 Å². The van der Waals surface area contributed by atoms with E-state index in [1.807, 2.05) is 39.8 Å². The third-order valence-electron chi connectivity index (χ3n) is 5.92. The lowest BCUT2D eigenvalue weighted by atomic mass is 10.2. The van der Waals surface area contributed by atoms with Crippen molar-refractivity contribution >= 4 is 52.1 Å². The highest BCUT2D eigenvalue weighted by atomic mass is 35.5. The Morgan fingerprint density at radius 3 is 2.68 bits per heavy atom. The molecule has 1 N–H and O–H groups in total. The maximum atomic E-state index is 12.6. The number of carbonyl (C=O) groups excluding carboxylic acids is 2. The van der Waals surface area contributed by atoms with Crippen LogP contribution >= 0.6 is 23.2 Å². The fourth-order valence-corrected chi connectivity index (χ4v) is 4.46. The molecule has 190 valence electrons. The first-order valence-electron chi connectivity index (χ1n) is 11.4. The first-order valence-corrected chi connectivity index (χ1v) is 12.2. The number of fused-ring (bicyclic) bond motifs is 1. The zero-order valence-electron chi connectivity index (χ0n) is 19.7. The number of halogens is 2. The second-order valence-corrected chi connectivity index (χ2v) is 9.04. The molecule has 1 amide bonds. The summed E-state index contributed by atoms with van der Waals surface area (Å²) in [5, 5.41) is 3.68. The minimum absolute atomic E-state index is 0.217. The first kappa shape index (κ1) is 24.9. The van der Waals surface area contributed by atoms with Crippen LogP contribution in [0, 0.1) is 0 Å². The second-order valence-electron chi connectivity index (χ2n) is 8.20. The summed E-state index contributed by atoms with van der Waals surface area (Å²) in [5.74, 6) is 0.188. The predicted octanol–water partition coefficient (Wildman–Crippen LogP) is 3.28. The molecule has 0 aliphatic carbocycles. The van der Waals surface area contributed by atoms with Crippen molar-refractivity contribution in [2.75, 3.05) is 38.3 Å². The van der Waals surface area contributed by atoms with Crippen LogP contribution in [0.15, 0.2) is 54.9 Å². The van der Waals surface area contributed by atoms with Gasteiger partial charge in [0.1, 0.15) is 18.7 Å². The maximum Gasteiger partial charge on any atom is 0.325 e. The molecule has 4 aromatic rings. The first-order chi connectivity index (χ1) is 18.0. The van der Waals surface area contributed by atoms with E-state index >= 15 is 0 Å². The van der Waals surface area contributed by atoms with Gasteiger partial charge in [0.05, 0.1) is 25.3 Å².